The van der Waals surface area contributed by atoms with Crippen LogP contribution in [0.4, 0.5) is 23.2 Å². The summed E-state index contributed by atoms with van der Waals surface area (Å²) in [7, 11) is 0. The minimum absolute atomic E-state index is 0.0105. The molecule has 0 saturated carbocycles. The van der Waals surface area contributed by atoms with Crippen LogP contribution in [-0.4, -0.2) is 18.9 Å². The van der Waals surface area contributed by atoms with Gasteiger partial charge in [-0.1, -0.05) is 6.92 Å². The molecule has 2 rings (SSSR count). The van der Waals surface area contributed by atoms with Crippen LogP contribution in [0.5, 0.6) is 0 Å². The van der Waals surface area contributed by atoms with Crippen LogP contribution in [0.25, 0.3) is 0 Å². The SMILES string of the molecule is C[C@H]1CN(c2ccc(C#N)c(C(F)(F)F)c2F)CCC1=O. The van der Waals surface area contributed by atoms with Crippen LogP contribution in [0.1, 0.15) is 24.5 Å². The van der Waals surface area contributed by atoms with E-state index in [0.29, 0.717) is 0 Å². The summed E-state index contributed by atoms with van der Waals surface area (Å²) in [5.74, 6) is -1.80. The molecule has 0 N–H and O–H groups in total. The maximum Gasteiger partial charge on any atom is 0.420 e. The molecule has 0 aliphatic carbocycles. The van der Waals surface area contributed by atoms with E-state index in [1.165, 1.54) is 11.0 Å². The third-order valence-electron chi connectivity index (χ3n) is 3.54. The van der Waals surface area contributed by atoms with E-state index in [9.17, 15) is 22.4 Å². The van der Waals surface area contributed by atoms with Gasteiger partial charge >= 0.3 is 6.18 Å². The molecular weight excluding hydrogens is 288 g/mol. The number of Topliss-reactive ketones (excluding diaryl/α,β-unsaturated/α-hetero) is 1. The molecule has 1 aliphatic rings. The molecule has 112 valence electrons. The number of ketones is 1. The molecule has 1 atom stereocenters. The zero-order valence-corrected chi connectivity index (χ0v) is 11.2. The van der Waals surface area contributed by atoms with Crippen molar-refractivity contribution < 1.29 is 22.4 Å². The number of halogens is 4. The molecule has 0 amide bonds. The smallest absolute Gasteiger partial charge is 0.368 e. The quantitative estimate of drug-likeness (QED) is 0.748. The van der Waals surface area contributed by atoms with Crippen molar-refractivity contribution in [1.82, 2.24) is 0 Å². The number of carbonyl (C=O) groups excluding carboxylic acids is 1. The van der Waals surface area contributed by atoms with E-state index in [-0.39, 0.29) is 36.9 Å². The third kappa shape index (κ3) is 2.84. The first-order valence-corrected chi connectivity index (χ1v) is 6.33. The molecule has 0 spiro atoms. The highest BCUT2D eigenvalue weighted by Crippen LogP contribution is 2.38. The predicted octanol–water partition coefficient (Wildman–Crippen LogP) is 3.13. The molecule has 7 heteroatoms. The van der Waals surface area contributed by atoms with Crippen molar-refractivity contribution in [3.05, 3.63) is 29.1 Å². The van der Waals surface area contributed by atoms with E-state index < -0.39 is 23.1 Å². The van der Waals surface area contributed by atoms with Crippen LogP contribution in [0.2, 0.25) is 0 Å². The number of nitriles is 1. The fourth-order valence-electron chi connectivity index (χ4n) is 2.41. The molecule has 0 radical (unpaired) electrons. The number of rotatable bonds is 1. The highest BCUT2D eigenvalue weighted by atomic mass is 19.4. The van der Waals surface area contributed by atoms with E-state index in [2.05, 4.69) is 0 Å². The Morgan fingerprint density at radius 1 is 1.38 bits per heavy atom. The summed E-state index contributed by atoms with van der Waals surface area (Å²) in [5, 5.41) is 8.71. The molecule has 1 aromatic rings. The predicted molar refractivity (Wildman–Crippen MR) is 67.1 cm³/mol. The zero-order valence-electron chi connectivity index (χ0n) is 11.2. The van der Waals surface area contributed by atoms with Crippen molar-refractivity contribution in [2.24, 2.45) is 5.92 Å². The Hall–Kier alpha value is -2.10. The maximum absolute atomic E-state index is 14.2. The van der Waals surface area contributed by atoms with Crippen LogP contribution in [0, 0.1) is 23.1 Å². The van der Waals surface area contributed by atoms with Crippen molar-refractivity contribution in [3.63, 3.8) is 0 Å². The molecule has 0 aromatic heterocycles. The zero-order chi connectivity index (χ0) is 15.8. The van der Waals surface area contributed by atoms with E-state index in [1.807, 2.05) is 0 Å². The van der Waals surface area contributed by atoms with E-state index in [1.54, 1.807) is 6.92 Å². The highest BCUT2D eigenvalue weighted by molar-refractivity contribution is 5.83. The van der Waals surface area contributed by atoms with Gasteiger partial charge in [0.15, 0.2) is 5.82 Å². The van der Waals surface area contributed by atoms with Crippen LogP contribution in [-0.2, 0) is 11.0 Å². The summed E-state index contributed by atoms with van der Waals surface area (Å²) >= 11 is 0. The van der Waals surface area contributed by atoms with Crippen molar-refractivity contribution in [1.29, 1.82) is 5.26 Å². The average Bonchev–Trinajstić information content (AvgIpc) is 2.40. The Labute approximate surface area is 118 Å². The fraction of sp³-hybridized carbons (Fsp3) is 0.429. The third-order valence-corrected chi connectivity index (χ3v) is 3.54. The van der Waals surface area contributed by atoms with Gasteiger partial charge in [-0.25, -0.2) is 4.39 Å². The van der Waals surface area contributed by atoms with Gasteiger partial charge in [-0.3, -0.25) is 4.79 Å². The Morgan fingerprint density at radius 2 is 2.05 bits per heavy atom. The second-order valence-electron chi connectivity index (χ2n) is 4.99. The number of alkyl halides is 3. The first kappa shape index (κ1) is 15.3. The van der Waals surface area contributed by atoms with Crippen LogP contribution in [0.15, 0.2) is 12.1 Å². The van der Waals surface area contributed by atoms with Gasteiger partial charge in [0.2, 0.25) is 0 Å². The topological polar surface area (TPSA) is 44.1 Å². The lowest BCUT2D eigenvalue weighted by atomic mass is 9.97. The minimum atomic E-state index is -4.94. The summed E-state index contributed by atoms with van der Waals surface area (Å²) in [6.07, 6.45) is -4.77. The Balaban J connectivity index is 2.48. The van der Waals surface area contributed by atoms with E-state index in [4.69, 9.17) is 5.26 Å². The standard InChI is InChI=1S/C14H12F4N2O/c1-8-7-20(5-4-11(8)21)10-3-2-9(6-19)12(13(10)15)14(16,17)18/h2-3,8H,4-5,7H2,1H3/t8-/m0/s1. The highest BCUT2D eigenvalue weighted by Gasteiger charge is 2.39. The van der Waals surface area contributed by atoms with Crippen molar-refractivity contribution in [2.45, 2.75) is 19.5 Å². The summed E-state index contributed by atoms with van der Waals surface area (Å²) in [6.45, 7) is 1.99. The molecule has 0 bridgehead atoms. The molecule has 1 saturated heterocycles. The van der Waals surface area contributed by atoms with Crippen molar-refractivity contribution in [2.75, 3.05) is 18.0 Å². The Morgan fingerprint density at radius 3 is 2.57 bits per heavy atom. The molecule has 1 aliphatic heterocycles. The summed E-state index contributed by atoms with van der Waals surface area (Å²) in [6, 6.07) is 3.48. The van der Waals surface area contributed by atoms with Crippen LogP contribution >= 0.6 is 0 Å². The molecular formula is C14H12F4N2O. The number of benzene rings is 1. The number of nitrogens with zero attached hydrogens (tertiary/aromatic N) is 2. The van der Waals surface area contributed by atoms with Crippen molar-refractivity contribution >= 4 is 11.5 Å². The Kier molecular flexibility index (Phi) is 3.90. The van der Waals surface area contributed by atoms with Gasteiger partial charge in [0.05, 0.1) is 17.3 Å². The molecule has 0 unspecified atom stereocenters. The first-order valence-electron chi connectivity index (χ1n) is 6.33. The van der Waals surface area contributed by atoms with Gasteiger partial charge in [-0.05, 0) is 12.1 Å². The van der Waals surface area contributed by atoms with Crippen LogP contribution < -0.4 is 4.90 Å². The largest absolute Gasteiger partial charge is 0.420 e. The lowest BCUT2D eigenvalue weighted by Gasteiger charge is -2.32. The first-order chi connectivity index (χ1) is 9.75. The van der Waals surface area contributed by atoms with E-state index >= 15 is 0 Å². The lowest BCUT2D eigenvalue weighted by Crippen LogP contribution is -2.40. The number of hydrogen-bond acceptors (Lipinski definition) is 3. The second kappa shape index (κ2) is 5.35. The normalized spacial score (nSPS) is 19.5. The van der Waals surface area contributed by atoms with Gasteiger partial charge in [0, 0.05) is 25.4 Å². The average molecular weight is 300 g/mol. The van der Waals surface area contributed by atoms with Crippen LogP contribution in [0.3, 0.4) is 0 Å². The number of anilines is 1. The summed E-state index contributed by atoms with van der Waals surface area (Å²) in [5.41, 5.74) is -2.52. The summed E-state index contributed by atoms with van der Waals surface area (Å²) < 4.78 is 53.0. The Bertz CT molecular complexity index is 619. The molecule has 1 fully saturated rings. The molecule has 1 heterocycles. The molecule has 3 nitrogen and oxygen atoms in total. The molecule has 1 aromatic carbocycles. The minimum Gasteiger partial charge on any atom is -0.368 e. The van der Waals surface area contributed by atoms with Gasteiger partial charge in [0.25, 0.3) is 0 Å². The van der Waals surface area contributed by atoms with Gasteiger partial charge in [0.1, 0.15) is 11.3 Å². The number of piperidine rings is 1. The summed E-state index contributed by atoms with van der Waals surface area (Å²) in [4.78, 5) is 12.9. The van der Waals surface area contributed by atoms with Gasteiger partial charge < -0.3 is 4.90 Å². The van der Waals surface area contributed by atoms with E-state index in [0.717, 1.165) is 12.1 Å². The van der Waals surface area contributed by atoms with Gasteiger partial charge in [-0.15, -0.1) is 0 Å². The number of carbonyl (C=O) groups is 1. The maximum atomic E-state index is 14.2. The molecule has 21 heavy (non-hydrogen) atoms. The van der Waals surface area contributed by atoms with Gasteiger partial charge in [-0.2, -0.15) is 18.4 Å². The lowest BCUT2D eigenvalue weighted by molar-refractivity contribution is -0.140. The monoisotopic (exact) mass is 300 g/mol. The second-order valence-corrected chi connectivity index (χ2v) is 4.99. The number of hydrogen-bond donors (Lipinski definition) is 0. The fourth-order valence-corrected chi connectivity index (χ4v) is 2.41. The van der Waals surface area contributed by atoms with Crippen molar-refractivity contribution in [3.8, 4) is 6.07 Å².